The minimum atomic E-state index is 0.423. The quantitative estimate of drug-likeness (QED) is 0.855. The standard InChI is InChI=1S/C13H16N2O2/c1-16-11-4-3-8-9(12(11)17-2)7-10(8)13-14-5-6-15-13/h3-4,10H,5-7H2,1-2H3,(H,14,15). The maximum atomic E-state index is 5.42. The summed E-state index contributed by atoms with van der Waals surface area (Å²) >= 11 is 0. The first-order chi connectivity index (χ1) is 8.35. The Kier molecular flexibility index (Phi) is 2.42. The maximum absolute atomic E-state index is 5.42. The monoisotopic (exact) mass is 232 g/mol. The van der Waals surface area contributed by atoms with Gasteiger partial charge in [-0.15, -0.1) is 0 Å². The molecule has 0 fully saturated rings. The van der Waals surface area contributed by atoms with Gasteiger partial charge in [-0.1, -0.05) is 6.07 Å². The molecule has 0 spiro atoms. The first kappa shape index (κ1) is 10.4. The van der Waals surface area contributed by atoms with Crippen molar-refractivity contribution in [2.45, 2.75) is 12.3 Å². The summed E-state index contributed by atoms with van der Waals surface area (Å²) in [6.07, 6.45) is 0.988. The van der Waals surface area contributed by atoms with Crippen LogP contribution in [0, 0.1) is 0 Å². The molecule has 0 bridgehead atoms. The molecule has 1 heterocycles. The van der Waals surface area contributed by atoms with E-state index < -0.39 is 0 Å². The molecule has 1 aliphatic carbocycles. The molecule has 4 heteroatoms. The van der Waals surface area contributed by atoms with Gasteiger partial charge in [0.25, 0.3) is 0 Å². The minimum Gasteiger partial charge on any atom is -0.493 e. The fraction of sp³-hybridized carbons (Fsp3) is 0.462. The van der Waals surface area contributed by atoms with E-state index in [2.05, 4.69) is 16.4 Å². The Morgan fingerprint density at radius 3 is 2.82 bits per heavy atom. The van der Waals surface area contributed by atoms with Crippen molar-refractivity contribution in [3.05, 3.63) is 23.3 Å². The SMILES string of the molecule is COc1ccc2c(c1OC)CC2C1=NCCN1. The molecule has 1 atom stereocenters. The van der Waals surface area contributed by atoms with Gasteiger partial charge >= 0.3 is 0 Å². The van der Waals surface area contributed by atoms with Gasteiger partial charge < -0.3 is 14.8 Å². The van der Waals surface area contributed by atoms with E-state index in [4.69, 9.17) is 9.47 Å². The van der Waals surface area contributed by atoms with E-state index in [1.807, 2.05) is 6.07 Å². The molecule has 1 aromatic rings. The van der Waals surface area contributed by atoms with Crippen molar-refractivity contribution in [1.29, 1.82) is 0 Å². The van der Waals surface area contributed by atoms with Gasteiger partial charge in [-0.3, -0.25) is 4.99 Å². The van der Waals surface area contributed by atoms with Gasteiger partial charge in [0.1, 0.15) is 5.84 Å². The molecule has 0 radical (unpaired) electrons. The third-order valence-corrected chi connectivity index (χ3v) is 3.50. The predicted octanol–water partition coefficient (Wildman–Crippen LogP) is 1.35. The highest BCUT2D eigenvalue weighted by Crippen LogP contribution is 2.46. The molecule has 0 saturated carbocycles. The maximum Gasteiger partial charge on any atom is 0.164 e. The van der Waals surface area contributed by atoms with Crippen LogP contribution in [0.25, 0.3) is 0 Å². The molecule has 17 heavy (non-hydrogen) atoms. The highest BCUT2D eigenvalue weighted by Gasteiger charge is 2.35. The number of hydrogen-bond donors (Lipinski definition) is 1. The molecule has 1 N–H and O–H groups in total. The lowest BCUT2D eigenvalue weighted by atomic mass is 9.76. The van der Waals surface area contributed by atoms with E-state index in [1.165, 1.54) is 11.1 Å². The van der Waals surface area contributed by atoms with Crippen LogP contribution >= 0.6 is 0 Å². The van der Waals surface area contributed by atoms with Crippen molar-refractivity contribution in [1.82, 2.24) is 5.32 Å². The fourth-order valence-corrected chi connectivity index (χ4v) is 2.62. The third kappa shape index (κ3) is 1.47. The van der Waals surface area contributed by atoms with Crippen LogP contribution in [-0.4, -0.2) is 33.1 Å². The molecular formula is C13H16N2O2. The lowest BCUT2D eigenvalue weighted by Gasteiger charge is -2.32. The number of nitrogens with one attached hydrogen (secondary N) is 1. The van der Waals surface area contributed by atoms with Crippen LogP contribution in [0.3, 0.4) is 0 Å². The van der Waals surface area contributed by atoms with Crippen molar-refractivity contribution in [3.63, 3.8) is 0 Å². The van der Waals surface area contributed by atoms with Gasteiger partial charge in [-0.2, -0.15) is 0 Å². The molecule has 1 aromatic carbocycles. The van der Waals surface area contributed by atoms with Crippen LogP contribution in [0.15, 0.2) is 17.1 Å². The van der Waals surface area contributed by atoms with Crippen LogP contribution in [0.5, 0.6) is 11.5 Å². The zero-order valence-electron chi connectivity index (χ0n) is 10.1. The summed E-state index contributed by atoms with van der Waals surface area (Å²) in [7, 11) is 3.36. The van der Waals surface area contributed by atoms with E-state index >= 15 is 0 Å². The minimum absolute atomic E-state index is 0.423. The van der Waals surface area contributed by atoms with Crippen molar-refractivity contribution in [2.24, 2.45) is 4.99 Å². The van der Waals surface area contributed by atoms with Crippen LogP contribution in [0.2, 0.25) is 0 Å². The van der Waals surface area contributed by atoms with Crippen molar-refractivity contribution in [3.8, 4) is 11.5 Å². The summed E-state index contributed by atoms with van der Waals surface area (Å²) in [5.74, 6) is 3.24. The first-order valence-electron chi connectivity index (χ1n) is 5.87. The summed E-state index contributed by atoms with van der Waals surface area (Å²) < 4.78 is 10.7. The topological polar surface area (TPSA) is 42.9 Å². The Morgan fingerprint density at radius 2 is 2.18 bits per heavy atom. The molecule has 1 aliphatic heterocycles. The van der Waals surface area contributed by atoms with Crippen LogP contribution in [0.4, 0.5) is 0 Å². The van der Waals surface area contributed by atoms with Crippen molar-refractivity contribution in [2.75, 3.05) is 27.3 Å². The number of rotatable bonds is 3. The van der Waals surface area contributed by atoms with Gasteiger partial charge in [0.15, 0.2) is 11.5 Å². The van der Waals surface area contributed by atoms with Gasteiger partial charge in [0, 0.05) is 18.0 Å². The number of ether oxygens (including phenoxy) is 2. The molecule has 4 nitrogen and oxygen atoms in total. The molecule has 1 unspecified atom stereocenters. The fourth-order valence-electron chi connectivity index (χ4n) is 2.62. The van der Waals surface area contributed by atoms with E-state index in [9.17, 15) is 0 Å². The number of methoxy groups -OCH3 is 2. The first-order valence-corrected chi connectivity index (χ1v) is 5.87. The molecular weight excluding hydrogens is 216 g/mol. The number of aliphatic imine (C=N–C) groups is 1. The summed E-state index contributed by atoms with van der Waals surface area (Å²) in [5.41, 5.74) is 2.57. The summed E-state index contributed by atoms with van der Waals surface area (Å²) in [6.45, 7) is 1.86. The summed E-state index contributed by atoms with van der Waals surface area (Å²) in [5, 5.41) is 3.34. The predicted molar refractivity (Wildman–Crippen MR) is 66.3 cm³/mol. The van der Waals surface area contributed by atoms with E-state index in [1.54, 1.807) is 14.2 Å². The van der Waals surface area contributed by atoms with E-state index in [0.29, 0.717) is 5.92 Å². The third-order valence-electron chi connectivity index (χ3n) is 3.50. The van der Waals surface area contributed by atoms with Crippen molar-refractivity contribution >= 4 is 5.84 Å². The van der Waals surface area contributed by atoms with Gasteiger partial charge in [-0.25, -0.2) is 0 Å². The summed E-state index contributed by atoms with van der Waals surface area (Å²) in [6, 6.07) is 4.09. The molecule has 0 aromatic heterocycles. The lowest BCUT2D eigenvalue weighted by molar-refractivity contribution is 0.348. The Bertz CT molecular complexity index is 483. The molecule has 0 saturated heterocycles. The van der Waals surface area contributed by atoms with Crippen molar-refractivity contribution < 1.29 is 9.47 Å². The molecule has 0 amide bonds. The van der Waals surface area contributed by atoms with E-state index in [-0.39, 0.29) is 0 Å². The highest BCUT2D eigenvalue weighted by atomic mass is 16.5. The molecule has 2 aliphatic rings. The van der Waals surface area contributed by atoms with E-state index in [0.717, 1.165) is 36.8 Å². The Labute approximate surface area is 101 Å². The van der Waals surface area contributed by atoms with Crippen LogP contribution in [-0.2, 0) is 6.42 Å². The van der Waals surface area contributed by atoms with Gasteiger partial charge in [0.05, 0.1) is 20.8 Å². The largest absolute Gasteiger partial charge is 0.493 e. The van der Waals surface area contributed by atoms with Crippen LogP contribution in [0.1, 0.15) is 17.0 Å². The second-order valence-electron chi connectivity index (χ2n) is 4.32. The smallest absolute Gasteiger partial charge is 0.164 e. The normalized spacial score (nSPS) is 21.1. The number of nitrogens with zero attached hydrogens (tertiary/aromatic N) is 1. The average Bonchev–Trinajstić information content (AvgIpc) is 2.83. The number of benzene rings is 1. The Hall–Kier alpha value is -1.71. The average molecular weight is 232 g/mol. The zero-order chi connectivity index (χ0) is 11.8. The number of amidine groups is 1. The Balaban J connectivity index is 1.95. The number of fused-ring (bicyclic) bond motifs is 1. The van der Waals surface area contributed by atoms with Gasteiger partial charge in [-0.05, 0) is 18.1 Å². The summed E-state index contributed by atoms with van der Waals surface area (Å²) in [4.78, 5) is 4.49. The van der Waals surface area contributed by atoms with Gasteiger partial charge in [0.2, 0.25) is 0 Å². The van der Waals surface area contributed by atoms with Crippen LogP contribution < -0.4 is 14.8 Å². The molecule has 90 valence electrons. The lowest BCUT2D eigenvalue weighted by Crippen LogP contribution is -2.33. The highest BCUT2D eigenvalue weighted by molar-refractivity contribution is 5.93. The zero-order valence-corrected chi connectivity index (χ0v) is 10.1. The molecule has 3 rings (SSSR count). The second kappa shape index (κ2) is 3.95. The Morgan fingerprint density at radius 1 is 1.29 bits per heavy atom. The number of hydrogen-bond acceptors (Lipinski definition) is 4. The second-order valence-corrected chi connectivity index (χ2v) is 4.32.